The van der Waals surface area contributed by atoms with Crippen molar-refractivity contribution in [3.05, 3.63) is 52.7 Å². The van der Waals surface area contributed by atoms with Gasteiger partial charge in [-0.25, -0.2) is 0 Å². The quantitative estimate of drug-likeness (QED) is 0.289. The highest BCUT2D eigenvalue weighted by Gasteiger charge is 2.31. The Morgan fingerprint density at radius 3 is 2.53 bits per heavy atom. The zero-order valence-electron chi connectivity index (χ0n) is 22.0. The summed E-state index contributed by atoms with van der Waals surface area (Å²) < 4.78 is 5.74. The third-order valence-electron chi connectivity index (χ3n) is 6.96. The highest BCUT2D eigenvalue weighted by molar-refractivity contribution is 6.02. The first-order chi connectivity index (χ1) is 17.1. The highest BCUT2D eigenvalue weighted by Crippen LogP contribution is 2.45. The molecule has 0 spiro atoms. The fourth-order valence-electron chi connectivity index (χ4n) is 5.03. The Morgan fingerprint density at radius 1 is 1.11 bits per heavy atom. The normalized spacial score (nSPS) is 17.1. The van der Waals surface area contributed by atoms with Gasteiger partial charge in [-0.1, -0.05) is 45.0 Å². The van der Waals surface area contributed by atoms with Gasteiger partial charge in [-0.15, -0.1) is 0 Å². The van der Waals surface area contributed by atoms with Crippen LogP contribution in [-0.2, 0) is 0 Å². The van der Waals surface area contributed by atoms with Crippen LogP contribution in [0.2, 0.25) is 0 Å². The number of benzene rings is 2. The Morgan fingerprint density at radius 2 is 1.86 bits per heavy atom. The number of amides is 1. The minimum atomic E-state index is -0.340. The van der Waals surface area contributed by atoms with Crippen molar-refractivity contribution in [2.45, 2.75) is 72.4 Å². The summed E-state index contributed by atoms with van der Waals surface area (Å²) in [7, 11) is 0. The van der Waals surface area contributed by atoms with Crippen LogP contribution in [0.4, 0.5) is 0 Å². The van der Waals surface area contributed by atoms with E-state index in [1.54, 1.807) is 6.07 Å². The second-order valence-electron chi connectivity index (χ2n) is 10.4. The van der Waals surface area contributed by atoms with Gasteiger partial charge < -0.3 is 25.4 Å². The zero-order valence-corrected chi connectivity index (χ0v) is 22.0. The second kappa shape index (κ2) is 10.3. The Hall–Kier alpha value is -3.32. The third kappa shape index (κ3) is 4.85. The van der Waals surface area contributed by atoms with Crippen LogP contribution in [-0.4, -0.2) is 27.8 Å². The van der Waals surface area contributed by atoms with Gasteiger partial charge in [0.2, 0.25) is 0 Å². The molecule has 1 aromatic heterocycles. The van der Waals surface area contributed by atoms with Gasteiger partial charge in [-0.3, -0.25) is 4.79 Å². The number of phenols is 2. The summed E-state index contributed by atoms with van der Waals surface area (Å²) >= 11 is 0. The van der Waals surface area contributed by atoms with Crippen LogP contribution in [0.3, 0.4) is 0 Å². The first-order valence-corrected chi connectivity index (χ1v) is 12.9. The third-order valence-corrected chi connectivity index (χ3v) is 6.96. The number of aromatic nitrogens is 1. The minimum absolute atomic E-state index is 0.0156. The van der Waals surface area contributed by atoms with E-state index in [2.05, 4.69) is 48.7 Å². The topological polar surface area (TPSA) is 108 Å². The maximum absolute atomic E-state index is 13.0. The van der Waals surface area contributed by atoms with Crippen molar-refractivity contribution in [1.29, 1.82) is 0 Å². The van der Waals surface area contributed by atoms with E-state index >= 15 is 0 Å². The van der Waals surface area contributed by atoms with E-state index in [0.717, 1.165) is 18.4 Å². The minimum Gasteiger partial charge on any atom is -0.508 e. The molecule has 2 unspecified atom stereocenters. The molecule has 2 aromatic carbocycles. The monoisotopic (exact) mass is 491 g/mol. The van der Waals surface area contributed by atoms with Gasteiger partial charge in [0, 0.05) is 24.7 Å². The molecule has 0 saturated heterocycles. The standard InChI is InChI=1S/C29H37N3O4/c1-7-30-29(35)27-26(28(36-32-27)22-13-20(16(4)5)24(33)14-25(22)34)18-9-10-19-17(6)31-23(21(19)12-18)11-8-15(2)3/h9-10,12-17,23,31,33-34H,7-8,11H2,1-6H3,(H,30,35). The van der Waals surface area contributed by atoms with Gasteiger partial charge in [0.15, 0.2) is 11.5 Å². The number of rotatable bonds is 8. The van der Waals surface area contributed by atoms with E-state index in [1.807, 2.05) is 26.8 Å². The molecule has 36 heavy (non-hydrogen) atoms. The lowest BCUT2D eigenvalue weighted by atomic mass is 9.90. The summed E-state index contributed by atoms with van der Waals surface area (Å²) in [6, 6.07) is 9.71. The van der Waals surface area contributed by atoms with Gasteiger partial charge in [-0.05, 0) is 72.9 Å². The second-order valence-corrected chi connectivity index (χ2v) is 10.4. The molecule has 7 nitrogen and oxygen atoms in total. The Bertz CT molecular complexity index is 1260. The molecule has 0 bridgehead atoms. The molecular formula is C29H37N3O4. The fraction of sp³-hybridized carbons (Fsp3) is 0.448. The van der Waals surface area contributed by atoms with E-state index in [0.29, 0.717) is 34.9 Å². The average Bonchev–Trinajstić information content (AvgIpc) is 3.39. The number of nitrogens with zero attached hydrogens (tertiary/aromatic N) is 1. The lowest BCUT2D eigenvalue weighted by molar-refractivity contribution is 0.0947. The molecule has 1 aliphatic heterocycles. The van der Waals surface area contributed by atoms with Crippen LogP contribution in [0.25, 0.3) is 22.5 Å². The van der Waals surface area contributed by atoms with Crippen LogP contribution in [0.15, 0.2) is 34.9 Å². The number of nitrogens with one attached hydrogen (secondary N) is 2. The Kier molecular flexibility index (Phi) is 7.41. The molecule has 4 rings (SSSR count). The Balaban J connectivity index is 1.89. The predicted molar refractivity (Wildman–Crippen MR) is 141 cm³/mol. The average molecular weight is 492 g/mol. The molecule has 0 saturated carbocycles. The first kappa shape index (κ1) is 25.8. The predicted octanol–water partition coefficient (Wildman–Crippen LogP) is 6.43. The SMILES string of the molecule is CCNC(=O)c1noc(-c2cc(C(C)C)c(O)cc2O)c1-c1ccc2c(c1)C(CCC(C)C)NC2C. The van der Waals surface area contributed by atoms with Crippen molar-refractivity contribution in [2.75, 3.05) is 6.54 Å². The van der Waals surface area contributed by atoms with E-state index in [4.69, 9.17) is 4.52 Å². The number of carbonyl (C=O) groups is 1. The summed E-state index contributed by atoms with van der Waals surface area (Å²) in [6.45, 7) is 12.8. The lowest BCUT2D eigenvalue weighted by Crippen LogP contribution is -2.23. The molecule has 4 N–H and O–H groups in total. The number of hydrogen-bond donors (Lipinski definition) is 4. The fourth-order valence-corrected chi connectivity index (χ4v) is 5.03. The van der Waals surface area contributed by atoms with Crippen LogP contribution >= 0.6 is 0 Å². The molecule has 0 radical (unpaired) electrons. The molecule has 0 fully saturated rings. The van der Waals surface area contributed by atoms with Crippen LogP contribution in [0, 0.1) is 5.92 Å². The first-order valence-electron chi connectivity index (χ1n) is 12.9. The van der Waals surface area contributed by atoms with E-state index < -0.39 is 0 Å². The lowest BCUT2D eigenvalue weighted by Gasteiger charge is -2.15. The molecular weight excluding hydrogens is 454 g/mol. The summed E-state index contributed by atoms with van der Waals surface area (Å²) in [5.41, 5.74) is 5.02. The van der Waals surface area contributed by atoms with Crippen LogP contribution < -0.4 is 10.6 Å². The van der Waals surface area contributed by atoms with E-state index in [1.165, 1.54) is 17.2 Å². The Labute approximate surface area is 212 Å². The summed E-state index contributed by atoms with van der Waals surface area (Å²) in [5, 5.41) is 31.8. The van der Waals surface area contributed by atoms with Crippen molar-refractivity contribution in [2.24, 2.45) is 5.92 Å². The molecule has 1 amide bonds. The largest absolute Gasteiger partial charge is 0.508 e. The molecule has 3 aromatic rings. The number of fused-ring (bicyclic) bond motifs is 1. The zero-order chi connectivity index (χ0) is 26.1. The van der Waals surface area contributed by atoms with Crippen molar-refractivity contribution >= 4 is 5.91 Å². The van der Waals surface area contributed by atoms with Crippen LogP contribution in [0.5, 0.6) is 11.5 Å². The summed E-state index contributed by atoms with van der Waals surface area (Å²) in [4.78, 5) is 13.0. The maximum Gasteiger partial charge on any atom is 0.274 e. The van der Waals surface area contributed by atoms with Crippen molar-refractivity contribution in [3.8, 4) is 33.9 Å². The van der Waals surface area contributed by atoms with E-state index in [-0.39, 0.29) is 41.1 Å². The van der Waals surface area contributed by atoms with Gasteiger partial charge in [-0.2, -0.15) is 0 Å². The van der Waals surface area contributed by atoms with Crippen LogP contribution in [0.1, 0.15) is 99.6 Å². The number of carbonyl (C=O) groups excluding carboxylic acids is 1. The highest BCUT2D eigenvalue weighted by atomic mass is 16.5. The molecule has 192 valence electrons. The van der Waals surface area contributed by atoms with Gasteiger partial charge >= 0.3 is 0 Å². The molecule has 0 aliphatic carbocycles. The van der Waals surface area contributed by atoms with Gasteiger partial charge in [0.1, 0.15) is 11.5 Å². The molecule has 2 heterocycles. The molecule has 2 atom stereocenters. The molecule has 7 heteroatoms. The number of phenolic OH excluding ortho intramolecular Hbond substituents is 2. The van der Waals surface area contributed by atoms with Crippen molar-refractivity contribution in [3.63, 3.8) is 0 Å². The van der Waals surface area contributed by atoms with Crippen molar-refractivity contribution < 1.29 is 19.5 Å². The van der Waals surface area contributed by atoms with Gasteiger partial charge in [0.05, 0.1) is 11.1 Å². The number of hydrogen-bond acceptors (Lipinski definition) is 6. The van der Waals surface area contributed by atoms with Gasteiger partial charge in [0.25, 0.3) is 5.91 Å². The smallest absolute Gasteiger partial charge is 0.274 e. The summed E-state index contributed by atoms with van der Waals surface area (Å²) in [5.74, 6) is 0.468. The number of aromatic hydroxyl groups is 2. The molecule has 1 aliphatic rings. The maximum atomic E-state index is 13.0. The van der Waals surface area contributed by atoms with E-state index in [9.17, 15) is 15.0 Å². The van der Waals surface area contributed by atoms with Crippen molar-refractivity contribution in [1.82, 2.24) is 15.8 Å². The summed E-state index contributed by atoms with van der Waals surface area (Å²) in [6.07, 6.45) is 2.13.